The SMILES string of the molecule is Cc1noc(-c2ccc(N3CCC4C(C3)N[C@@H]3CCCC[C@H]3N4c3ncc(-c4ccc(OC(F)(F)F)cc4)o3)cc2)n1. The Morgan fingerprint density at radius 2 is 1.67 bits per heavy atom. The van der Waals surface area contributed by atoms with Crippen molar-refractivity contribution in [2.75, 3.05) is 22.9 Å². The van der Waals surface area contributed by atoms with E-state index in [1.54, 1.807) is 25.3 Å². The maximum absolute atomic E-state index is 12.6. The van der Waals surface area contributed by atoms with Gasteiger partial charge >= 0.3 is 6.36 Å². The van der Waals surface area contributed by atoms with Crippen LogP contribution in [-0.2, 0) is 0 Å². The minimum atomic E-state index is -4.73. The van der Waals surface area contributed by atoms with Crippen LogP contribution in [0.15, 0.2) is 63.7 Å². The number of ether oxygens (including phenoxy) is 1. The van der Waals surface area contributed by atoms with Gasteiger partial charge in [-0.3, -0.25) is 0 Å². The number of nitrogens with one attached hydrogen (secondary N) is 1. The van der Waals surface area contributed by atoms with Gasteiger partial charge in [-0.05, 0) is 74.7 Å². The number of anilines is 2. The summed E-state index contributed by atoms with van der Waals surface area (Å²) in [5, 5.41) is 7.85. The highest BCUT2D eigenvalue weighted by Crippen LogP contribution is 2.39. The molecule has 4 aromatic rings. The summed E-state index contributed by atoms with van der Waals surface area (Å²) >= 11 is 0. The van der Waals surface area contributed by atoms with E-state index in [1.807, 2.05) is 12.1 Å². The molecule has 0 amide bonds. The molecule has 0 radical (unpaired) electrons. The number of oxazole rings is 1. The fourth-order valence-corrected chi connectivity index (χ4v) is 6.68. The second kappa shape index (κ2) is 10.6. The number of hydrogen-bond acceptors (Lipinski definition) is 9. The van der Waals surface area contributed by atoms with Crippen molar-refractivity contribution in [3.63, 3.8) is 0 Å². The molecule has 4 heterocycles. The van der Waals surface area contributed by atoms with E-state index in [-0.39, 0.29) is 23.9 Å². The molecule has 2 saturated heterocycles. The van der Waals surface area contributed by atoms with Gasteiger partial charge < -0.3 is 28.8 Å². The first-order valence-electron chi connectivity index (χ1n) is 14.3. The molecule has 2 unspecified atom stereocenters. The van der Waals surface area contributed by atoms with Crippen LogP contribution in [-0.4, -0.2) is 58.7 Å². The highest BCUT2D eigenvalue weighted by Gasteiger charge is 2.47. The lowest BCUT2D eigenvalue weighted by Crippen LogP contribution is -2.72. The highest BCUT2D eigenvalue weighted by molar-refractivity contribution is 5.61. The van der Waals surface area contributed by atoms with Crippen molar-refractivity contribution < 1.29 is 26.8 Å². The third-order valence-electron chi connectivity index (χ3n) is 8.54. The third kappa shape index (κ3) is 5.31. The van der Waals surface area contributed by atoms with Crippen LogP contribution in [0.25, 0.3) is 22.8 Å². The van der Waals surface area contributed by atoms with Crippen LogP contribution in [0.2, 0.25) is 0 Å². The number of fused-ring (bicyclic) bond motifs is 2. The largest absolute Gasteiger partial charge is 0.573 e. The fourth-order valence-electron chi connectivity index (χ4n) is 6.68. The van der Waals surface area contributed by atoms with Crippen LogP contribution in [0.5, 0.6) is 5.75 Å². The van der Waals surface area contributed by atoms with Gasteiger partial charge in [-0.1, -0.05) is 18.0 Å². The summed E-state index contributed by atoms with van der Waals surface area (Å²) in [6.07, 6.45) is 2.34. The number of nitrogens with zero attached hydrogens (tertiary/aromatic N) is 5. The van der Waals surface area contributed by atoms with Crippen LogP contribution in [0.1, 0.15) is 37.9 Å². The molecule has 0 bridgehead atoms. The summed E-state index contributed by atoms with van der Waals surface area (Å²) in [6.45, 7) is 3.53. The minimum Gasteiger partial charge on any atom is -0.423 e. The predicted molar refractivity (Wildman–Crippen MR) is 149 cm³/mol. The molecule has 4 atom stereocenters. The normalized spacial score (nSPS) is 24.3. The van der Waals surface area contributed by atoms with E-state index in [1.165, 1.54) is 18.6 Å². The van der Waals surface area contributed by atoms with Gasteiger partial charge in [0.1, 0.15) is 5.75 Å². The van der Waals surface area contributed by atoms with E-state index >= 15 is 0 Å². The van der Waals surface area contributed by atoms with E-state index < -0.39 is 6.36 Å². The predicted octanol–water partition coefficient (Wildman–Crippen LogP) is 5.97. The Morgan fingerprint density at radius 1 is 0.929 bits per heavy atom. The number of halogens is 3. The first-order chi connectivity index (χ1) is 20.3. The van der Waals surface area contributed by atoms with Crippen LogP contribution in [0, 0.1) is 6.92 Å². The van der Waals surface area contributed by atoms with Crippen LogP contribution in [0.4, 0.5) is 24.9 Å². The number of hydrogen-bond donors (Lipinski definition) is 1. The molecule has 3 fully saturated rings. The number of alkyl halides is 3. The molecule has 1 N–H and O–H groups in total. The summed E-state index contributed by atoms with van der Waals surface area (Å²) in [4.78, 5) is 13.8. The van der Waals surface area contributed by atoms with E-state index in [0.29, 0.717) is 35.1 Å². The summed E-state index contributed by atoms with van der Waals surface area (Å²) < 4.78 is 53.3. The number of aromatic nitrogens is 3. The average Bonchev–Trinajstić information content (AvgIpc) is 3.65. The van der Waals surface area contributed by atoms with Crippen LogP contribution in [0.3, 0.4) is 0 Å². The highest BCUT2D eigenvalue weighted by atomic mass is 19.4. The molecule has 7 rings (SSSR count). The van der Waals surface area contributed by atoms with E-state index in [4.69, 9.17) is 8.94 Å². The average molecular weight is 581 g/mol. The number of piperidine rings is 1. The first kappa shape index (κ1) is 26.8. The van der Waals surface area contributed by atoms with E-state index in [2.05, 4.69) is 47.1 Å². The van der Waals surface area contributed by atoms with E-state index in [0.717, 1.165) is 50.0 Å². The van der Waals surface area contributed by atoms with Crippen molar-refractivity contribution >= 4 is 11.7 Å². The van der Waals surface area contributed by atoms with Crippen molar-refractivity contribution in [1.29, 1.82) is 0 Å². The molecule has 9 nitrogen and oxygen atoms in total. The maximum Gasteiger partial charge on any atom is 0.573 e. The van der Waals surface area contributed by atoms with Gasteiger partial charge in [-0.15, -0.1) is 13.2 Å². The molecule has 1 aliphatic carbocycles. The van der Waals surface area contributed by atoms with Crippen molar-refractivity contribution in [2.45, 2.75) is 69.6 Å². The van der Waals surface area contributed by atoms with Gasteiger partial charge in [-0.25, -0.2) is 4.98 Å². The second-order valence-corrected chi connectivity index (χ2v) is 11.2. The molecule has 2 aromatic heterocycles. The summed E-state index contributed by atoms with van der Waals surface area (Å²) in [7, 11) is 0. The van der Waals surface area contributed by atoms with Gasteiger partial charge in [0.2, 0.25) is 0 Å². The number of aryl methyl sites for hydroxylation is 1. The second-order valence-electron chi connectivity index (χ2n) is 11.2. The fraction of sp³-hybridized carbons (Fsp3) is 0.433. The molecule has 1 saturated carbocycles. The molecule has 2 aromatic carbocycles. The van der Waals surface area contributed by atoms with Crippen molar-refractivity contribution in [3.05, 3.63) is 60.6 Å². The number of rotatable bonds is 5. The molecular weight excluding hydrogens is 549 g/mol. The monoisotopic (exact) mass is 580 g/mol. The van der Waals surface area contributed by atoms with Gasteiger partial charge in [0.05, 0.1) is 12.2 Å². The lowest BCUT2D eigenvalue weighted by Gasteiger charge is -2.55. The molecule has 2 aliphatic heterocycles. The van der Waals surface area contributed by atoms with Crippen LogP contribution < -0.4 is 19.9 Å². The molecule has 42 heavy (non-hydrogen) atoms. The molecule has 3 aliphatic rings. The molecular formula is C30H31F3N6O3. The summed E-state index contributed by atoms with van der Waals surface area (Å²) in [5.74, 6) is 1.37. The number of benzene rings is 2. The van der Waals surface area contributed by atoms with Crippen molar-refractivity contribution in [2.24, 2.45) is 0 Å². The zero-order valence-corrected chi connectivity index (χ0v) is 23.1. The zero-order chi connectivity index (χ0) is 28.8. The van der Waals surface area contributed by atoms with Gasteiger partial charge in [0.15, 0.2) is 11.6 Å². The van der Waals surface area contributed by atoms with E-state index in [9.17, 15) is 13.2 Å². The summed E-state index contributed by atoms with van der Waals surface area (Å²) in [6, 6.07) is 15.5. The Labute approximate surface area is 240 Å². The summed E-state index contributed by atoms with van der Waals surface area (Å²) in [5.41, 5.74) is 2.68. The molecule has 220 valence electrons. The Balaban J connectivity index is 1.10. The Bertz CT molecular complexity index is 1520. The number of piperazine rings is 1. The quantitative estimate of drug-likeness (QED) is 0.307. The topological polar surface area (TPSA) is 92.7 Å². The zero-order valence-electron chi connectivity index (χ0n) is 23.1. The molecule has 0 spiro atoms. The Kier molecular flexibility index (Phi) is 6.80. The van der Waals surface area contributed by atoms with Crippen molar-refractivity contribution in [1.82, 2.24) is 20.4 Å². The van der Waals surface area contributed by atoms with Gasteiger partial charge in [0, 0.05) is 48.0 Å². The van der Waals surface area contributed by atoms with Crippen LogP contribution >= 0.6 is 0 Å². The molecule has 12 heteroatoms. The third-order valence-corrected chi connectivity index (χ3v) is 8.54. The smallest absolute Gasteiger partial charge is 0.423 e. The van der Waals surface area contributed by atoms with Gasteiger partial charge in [-0.2, -0.15) is 4.98 Å². The standard InChI is InChI=1S/C30H31F3N6O3/c1-18-35-28(42-37-18)20-6-10-21(11-7-20)38-15-14-26-24(17-38)36-23-4-2-3-5-25(23)39(26)29-34-16-27(40-29)19-8-12-22(13-9-19)41-30(31,32)33/h6-13,16,23-26,36H,2-5,14-15,17H2,1H3/t23-,24?,25-,26?/m1/s1. The lowest BCUT2D eigenvalue weighted by molar-refractivity contribution is -0.274. The lowest BCUT2D eigenvalue weighted by atomic mass is 9.82. The van der Waals surface area contributed by atoms with Gasteiger partial charge in [0.25, 0.3) is 11.9 Å². The Morgan fingerprint density at radius 3 is 2.40 bits per heavy atom. The Hall–Kier alpha value is -4.06. The van der Waals surface area contributed by atoms with Crippen molar-refractivity contribution in [3.8, 4) is 28.5 Å². The maximum atomic E-state index is 12.6. The first-order valence-corrected chi connectivity index (χ1v) is 14.3. The minimum absolute atomic E-state index is 0.204.